The fourth-order valence-electron chi connectivity index (χ4n) is 3.27. The lowest BCUT2D eigenvalue weighted by atomic mass is 10.1. The molecule has 4 rings (SSSR count). The van der Waals surface area contributed by atoms with Gasteiger partial charge in [0.05, 0.1) is 0 Å². The number of hydrogen-bond donors (Lipinski definition) is 1. The Morgan fingerprint density at radius 1 is 0.971 bits per heavy atom. The number of benzene rings is 2. The van der Waals surface area contributed by atoms with Crippen molar-refractivity contribution in [1.82, 2.24) is 20.4 Å². The molecule has 2 aromatic carbocycles. The summed E-state index contributed by atoms with van der Waals surface area (Å²) in [6.45, 7) is 1.70. The van der Waals surface area contributed by atoms with Gasteiger partial charge in [-0.05, 0) is 30.2 Å². The van der Waals surface area contributed by atoms with Crippen LogP contribution < -0.4 is 5.32 Å². The van der Waals surface area contributed by atoms with Crippen molar-refractivity contribution in [1.29, 1.82) is 0 Å². The van der Waals surface area contributed by atoms with Gasteiger partial charge in [-0.15, -0.1) is 0 Å². The van der Waals surface area contributed by atoms with Gasteiger partial charge in [0.15, 0.2) is 6.10 Å². The average molecular weight is 473 g/mol. The molecule has 0 fully saturated rings. The molecule has 0 aliphatic carbocycles. The van der Waals surface area contributed by atoms with Gasteiger partial charge in [-0.2, -0.15) is 4.98 Å². The number of esters is 1. The minimum absolute atomic E-state index is 0.0787. The van der Waals surface area contributed by atoms with Gasteiger partial charge in [0.25, 0.3) is 5.89 Å². The number of pyridine rings is 1. The molecule has 9 nitrogen and oxygen atoms in total. The molecular weight excluding hydrogens is 448 g/mol. The summed E-state index contributed by atoms with van der Waals surface area (Å²) in [5.41, 5.74) is 2.35. The van der Waals surface area contributed by atoms with E-state index in [0.717, 1.165) is 11.1 Å². The highest BCUT2D eigenvalue weighted by molar-refractivity contribution is 5.81. The topological polar surface area (TPSA) is 116 Å². The number of hydrogen-bond acceptors (Lipinski definition) is 8. The third-order valence-corrected chi connectivity index (χ3v) is 5.07. The second-order valence-corrected chi connectivity index (χ2v) is 7.73. The smallest absolute Gasteiger partial charge is 0.408 e. The second kappa shape index (κ2) is 11.6. The molecule has 0 saturated carbocycles. The van der Waals surface area contributed by atoms with Gasteiger partial charge in [-0.3, -0.25) is 4.98 Å². The number of amides is 1. The molecule has 2 heterocycles. The molecule has 1 N–H and O–H groups in total. The Balaban J connectivity index is 1.41. The molecule has 0 spiro atoms. The van der Waals surface area contributed by atoms with E-state index in [1.165, 1.54) is 0 Å². The SMILES string of the molecule is CC(OC(=O)[C@H](Cc1ccccc1)NC(=O)OCc1ccccc1)c1nc(-c2cccnc2)no1. The van der Waals surface area contributed by atoms with Crippen molar-refractivity contribution >= 4 is 12.1 Å². The monoisotopic (exact) mass is 472 g/mol. The van der Waals surface area contributed by atoms with Crippen molar-refractivity contribution < 1.29 is 23.6 Å². The van der Waals surface area contributed by atoms with Crippen molar-refractivity contribution in [3.8, 4) is 11.4 Å². The first-order chi connectivity index (χ1) is 17.1. The fourth-order valence-corrected chi connectivity index (χ4v) is 3.27. The molecule has 2 atom stereocenters. The average Bonchev–Trinajstić information content (AvgIpc) is 3.40. The minimum atomic E-state index is -0.983. The van der Waals surface area contributed by atoms with Crippen LogP contribution in [0, 0.1) is 0 Å². The highest BCUT2D eigenvalue weighted by Crippen LogP contribution is 2.20. The standard InChI is InChI=1S/C26H24N4O5/c1-18(24-29-23(30-35-24)21-13-8-14-27-16-21)34-25(31)22(15-19-9-4-2-5-10-19)28-26(32)33-17-20-11-6-3-7-12-20/h2-14,16,18,22H,15,17H2,1H3,(H,28,32)/t18?,22-/m0/s1. The van der Waals surface area contributed by atoms with E-state index in [9.17, 15) is 9.59 Å². The van der Waals surface area contributed by atoms with E-state index in [2.05, 4.69) is 20.4 Å². The molecule has 35 heavy (non-hydrogen) atoms. The molecular formula is C26H24N4O5. The Hall–Kier alpha value is -4.53. The van der Waals surface area contributed by atoms with E-state index in [0.29, 0.717) is 11.4 Å². The number of carbonyl (C=O) groups is 2. The first-order valence-corrected chi connectivity index (χ1v) is 11.0. The maximum atomic E-state index is 13.0. The predicted octanol–water partition coefficient (Wildman–Crippen LogP) is 4.27. The molecule has 1 amide bonds. The summed E-state index contributed by atoms with van der Waals surface area (Å²) in [4.78, 5) is 33.8. The van der Waals surface area contributed by atoms with E-state index in [4.69, 9.17) is 14.0 Å². The highest BCUT2D eigenvalue weighted by Gasteiger charge is 2.27. The van der Waals surface area contributed by atoms with Crippen LogP contribution in [-0.4, -0.2) is 33.2 Å². The molecule has 2 aromatic heterocycles. The van der Waals surface area contributed by atoms with Crippen molar-refractivity contribution in [3.63, 3.8) is 0 Å². The van der Waals surface area contributed by atoms with Gasteiger partial charge in [0.1, 0.15) is 12.6 Å². The zero-order chi connectivity index (χ0) is 24.5. The summed E-state index contributed by atoms with van der Waals surface area (Å²) >= 11 is 0. The molecule has 0 aliphatic rings. The summed E-state index contributed by atoms with van der Waals surface area (Å²) < 4.78 is 16.1. The summed E-state index contributed by atoms with van der Waals surface area (Å²) in [5, 5.41) is 6.53. The molecule has 9 heteroatoms. The Morgan fingerprint density at radius 2 is 1.69 bits per heavy atom. The van der Waals surface area contributed by atoms with E-state index >= 15 is 0 Å². The molecule has 4 aromatic rings. The van der Waals surface area contributed by atoms with Crippen LogP contribution in [-0.2, 0) is 27.3 Å². The van der Waals surface area contributed by atoms with E-state index < -0.39 is 24.2 Å². The van der Waals surface area contributed by atoms with Crippen LogP contribution in [0.25, 0.3) is 11.4 Å². The summed E-state index contributed by atoms with van der Waals surface area (Å²) in [7, 11) is 0. The number of nitrogens with one attached hydrogen (secondary N) is 1. The van der Waals surface area contributed by atoms with E-state index in [-0.39, 0.29) is 18.9 Å². The minimum Gasteiger partial charge on any atom is -0.451 e. The lowest BCUT2D eigenvalue weighted by Crippen LogP contribution is -2.43. The van der Waals surface area contributed by atoms with Crippen LogP contribution in [0.2, 0.25) is 0 Å². The van der Waals surface area contributed by atoms with Gasteiger partial charge in [-0.25, -0.2) is 9.59 Å². The van der Waals surface area contributed by atoms with E-state index in [1.54, 1.807) is 31.5 Å². The molecule has 178 valence electrons. The number of alkyl carbamates (subject to hydrolysis) is 1. The Morgan fingerprint density at radius 3 is 2.37 bits per heavy atom. The van der Waals surface area contributed by atoms with Crippen molar-refractivity contribution in [2.24, 2.45) is 0 Å². The number of nitrogens with zero attached hydrogens (tertiary/aromatic N) is 3. The first kappa shape index (κ1) is 23.6. The number of ether oxygens (including phenoxy) is 2. The van der Waals surface area contributed by atoms with Crippen LogP contribution >= 0.6 is 0 Å². The zero-order valence-corrected chi connectivity index (χ0v) is 19.0. The third-order valence-electron chi connectivity index (χ3n) is 5.07. The van der Waals surface area contributed by atoms with Crippen molar-refractivity contribution in [2.75, 3.05) is 0 Å². The number of carbonyl (C=O) groups excluding carboxylic acids is 2. The zero-order valence-electron chi connectivity index (χ0n) is 19.0. The predicted molar refractivity (Wildman–Crippen MR) is 126 cm³/mol. The van der Waals surface area contributed by atoms with Crippen molar-refractivity contribution in [2.45, 2.75) is 32.1 Å². The first-order valence-electron chi connectivity index (χ1n) is 11.0. The molecule has 0 saturated heterocycles. The van der Waals surface area contributed by atoms with Gasteiger partial charge in [0.2, 0.25) is 5.82 Å². The highest BCUT2D eigenvalue weighted by atomic mass is 16.6. The van der Waals surface area contributed by atoms with Gasteiger partial charge in [0, 0.05) is 24.4 Å². The van der Waals surface area contributed by atoms with Crippen LogP contribution in [0.5, 0.6) is 0 Å². The quantitative estimate of drug-likeness (QED) is 0.359. The molecule has 0 aliphatic heterocycles. The maximum absolute atomic E-state index is 13.0. The maximum Gasteiger partial charge on any atom is 0.408 e. The number of rotatable bonds is 9. The molecule has 0 bridgehead atoms. The summed E-state index contributed by atoms with van der Waals surface area (Å²) in [6.07, 6.45) is 1.90. The van der Waals surface area contributed by atoms with Gasteiger partial charge >= 0.3 is 12.1 Å². The van der Waals surface area contributed by atoms with Crippen LogP contribution in [0.4, 0.5) is 4.79 Å². The molecule has 0 radical (unpaired) electrons. The normalized spacial score (nSPS) is 12.4. The number of aromatic nitrogens is 3. The van der Waals surface area contributed by atoms with Crippen LogP contribution in [0.1, 0.15) is 30.0 Å². The Labute approximate surface area is 202 Å². The Kier molecular flexibility index (Phi) is 7.80. The second-order valence-electron chi connectivity index (χ2n) is 7.73. The lowest BCUT2D eigenvalue weighted by Gasteiger charge is -2.19. The van der Waals surface area contributed by atoms with Crippen molar-refractivity contribution in [3.05, 3.63) is 102 Å². The largest absolute Gasteiger partial charge is 0.451 e. The fraction of sp³-hybridized carbons (Fsp3) is 0.192. The van der Waals surface area contributed by atoms with Gasteiger partial charge < -0.3 is 19.3 Å². The van der Waals surface area contributed by atoms with Crippen LogP contribution in [0.3, 0.4) is 0 Å². The van der Waals surface area contributed by atoms with Gasteiger partial charge in [-0.1, -0.05) is 65.8 Å². The van der Waals surface area contributed by atoms with Crippen LogP contribution in [0.15, 0.2) is 89.7 Å². The summed E-state index contributed by atoms with van der Waals surface area (Å²) in [6, 6.07) is 21.1. The third kappa shape index (κ3) is 6.73. The lowest BCUT2D eigenvalue weighted by molar-refractivity contribution is -0.152. The molecule has 1 unspecified atom stereocenters. The Bertz CT molecular complexity index is 1230. The van der Waals surface area contributed by atoms with E-state index in [1.807, 2.05) is 60.7 Å². The summed E-state index contributed by atoms with van der Waals surface area (Å²) in [5.74, 6) is -0.194.